The maximum Gasteiger partial charge on any atom is 0.0361 e. The molecule has 1 aliphatic heterocycles. The van der Waals surface area contributed by atoms with E-state index in [1.807, 2.05) is 0 Å². The van der Waals surface area contributed by atoms with Crippen molar-refractivity contribution in [3.63, 3.8) is 0 Å². The van der Waals surface area contributed by atoms with Gasteiger partial charge in [0.2, 0.25) is 0 Å². The van der Waals surface area contributed by atoms with E-state index in [1.165, 1.54) is 32.4 Å². The van der Waals surface area contributed by atoms with Gasteiger partial charge in [-0.1, -0.05) is 26.7 Å². The summed E-state index contributed by atoms with van der Waals surface area (Å²) in [5, 5.41) is 0. The lowest BCUT2D eigenvalue weighted by atomic mass is 9.67. The van der Waals surface area contributed by atoms with Crippen LogP contribution >= 0.6 is 0 Å². The van der Waals surface area contributed by atoms with E-state index in [2.05, 4.69) is 44.5 Å². The number of likely N-dealkylation sites (N-methyl/N-ethyl adjacent to an activating group) is 1. The van der Waals surface area contributed by atoms with Crippen LogP contribution in [-0.2, 0) is 0 Å². The predicted molar refractivity (Wildman–Crippen MR) is 82.2 cm³/mol. The van der Waals surface area contributed by atoms with Gasteiger partial charge in [-0.2, -0.15) is 0 Å². The fourth-order valence-corrected chi connectivity index (χ4v) is 4.37. The Kier molecular flexibility index (Phi) is 4.59. The lowest BCUT2D eigenvalue weighted by Gasteiger charge is -2.57. The van der Waals surface area contributed by atoms with Gasteiger partial charge in [-0.15, -0.1) is 0 Å². The molecule has 0 aromatic heterocycles. The molecule has 0 amide bonds. The summed E-state index contributed by atoms with van der Waals surface area (Å²) < 4.78 is 0. The molecule has 1 saturated heterocycles. The summed E-state index contributed by atoms with van der Waals surface area (Å²) in [6.45, 7) is 12.7. The number of rotatable bonds is 2. The van der Waals surface area contributed by atoms with Gasteiger partial charge in [0.15, 0.2) is 0 Å². The van der Waals surface area contributed by atoms with Crippen LogP contribution in [0, 0.1) is 11.8 Å². The first kappa shape index (κ1) is 15.3. The quantitative estimate of drug-likeness (QED) is 0.832. The van der Waals surface area contributed by atoms with Crippen LogP contribution in [0.15, 0.2) is 0 Å². The molecule has 2 fully saturated rings. The largest absolute Gasteiger partial charge is 0.329 e. The monoisotopic (exact) mass is 267 g/mol. The fraction of sp³-hybridized carbons (Fsp3) is 1.00. The number of nitrogens with two attached hydrogens (primary N) is 1. The topological polar surface area (TPSA) is 32.5 Å². The summed E-state index contributed by atoms with van der Waals surface area (Å²) in [4.78, 5) is 5.25. The van der Waals surface area contributed by atoms with Crippen molar-refractivity contribution in [1.82, 2.24) is 9.80 Å². The van der Waals surface area contributed by atoms with Crippen molar-refractivity contribution in [2.24, 2.45) is 17.6 Å². The van der Waals surface area contributed by atoms with Crippen molar-refractivity contribution in [2.75, 3.05) is 26.7 Å². The van der Waals surface area contributed by atoms with Crippen LogP contribution in [0.2, 0.25) is 0 Å². The zero-order valence-corrected chi connectivity index (χ0v) is 13.5. The van der Waals surface area contributed by atoms with E-state index >= 15 is 0 Å². The maximum atomic E-state index is 6.29. The summed E-state index contributed by atoms with van der Waals surface area (Å²) >= 11 is 0. The van der Waals surface area contributed by atoms with Crippen LogP contribution in [0.5, 0.6) is 0 Å². The third-order valence-electron chi connectivity index (χ3n) is 6.31. The molecule has 0 radical (unpaired) electrons. The number of hydrogen-bond donors (Lipinski definition) is 1. The van der Waals surface area contributed by atoms with Gasteiger partial charge in [-0.05, 0) is 39.2 Å². The second-order valence-corrected chi connectivity index (χ2v) is 7.23. The van der Waals surface area contributed by atoms with Crippen LogP contribution in [-0.4, -0.2) is 54.1 Å². The molecular weight excluding hydrogens is 234 g/mol. The highest BCUT2D eigenvalue weighted by atomic mass is 15.3. The fourth-order valence-electron chi connectivity index (χ4n) is 4.37. The first-order valence-corrected chi connectivity index (χ1v) is 8.09. The molecule has 2 N–H and O–H groups in total. The van der Waals surface area contributed by atoms with Crippen molar-refractivity contribution in [3.05, 3.63) is 0 Å². The zero-order valence-electron chi connectivity index (χ0n) is 13.5. The molecule has 5 unspecified atom stereocenters. The molecule has 2 aliphatic rings. The Morgan fingerprint density at radius 3 is 2.21 bits per heavy atom. The van der Waals surface area contributed by atoms with Gasteiger partial charge >= 0.3 is 0 Å². The first-order valence-electron chi connectivity index (χ1n) is 8.09. The third-order valence-corrected chi connectivity index (χ3v) is 6.31. The normalized spacial score (nSPS) is 46.4. The predicted octanol–water partition coefficient (Wildman–Crippen LogP) is 2.16. The molecule has 1 aliphatic carbocycles. The van der Waals surface area contributed by atoms with Crippen LogP contribution in [0.4, 0.5) is 0 Å². The van der Waals surface area contributed by atoms with Crippen molar-refractivity contribution >= 4 is 0 Å². The van der Waals surface area contributed by atoms with Crippen molar-refractivity contribution in [2.45, 2.75) is 64.6 Å². The highest BCUT2D eigenvalue weighted by Crippen LogP contribution is 2.42. The molecule has 5 atom stereocenters. The van der Waals surface area contributed by atoms with Gasteiger partial charge in [0.25, 0.3) is 0 Å². The third kappa shape index (κ3) is 2.57. The van der Waals surface area contributed by atoms with E-state index in [9.17, 15) is 0 Å². The minimum absolute atomic E-state index is 0.251. The molecule has 1 heterocycles. The average molecular weight is 267 g/mol. The molecule has 0 spiro atoms. The Labute approximate surface area is 119 Å². The number of nitrogens with zero attached hydrogens (tertiary/aromatic N) is 2. The van der Waals surface area contributed by atoms with Gasteiger partial charge in [0.05, 0.1) is 0 Å². The van der Waals surface area contributed by atoms with Gasteiger partial charge in [-0.3, -0.25) is 9.80 Å². The summed E-state index contributed by atoms with van der Waals surface area (Å²) in [5.74, 6) is 1.52. The standard InChI is InChI=1S/C16H33N3/c1-12-7-6-8-16(11-17,15(12)4)19-9-13(2)18(5)14(3)10-19/h12-15H,6-11,17H2,1-5H3. The SMILES string of the molecule is CC1CCCC(CN)(N2CC(C)N(C)C(C)C2)C1C. The van der Waals surface area contributed by atoms with E-state index in [4.69, 9.17) is 5.73 Å². The number of piperazine rings is 1. The molecule has 3 heteroatoms. The van der Waals surface area contributed by atoms with E-state index in [-0.39, 0.29) is 5.54 Å². The Morgan fingerprint density at radius 1 is 1.11 bits per heavy atom. The van der Waals surface area contributed by atoms with Crippen LogP contribution in [0.25, 0.3) is 0 Å². The van der Waals surface area contributed by atoms with Gasteiger partial charge in [0.1, 0.15) is 0 Å². The van der Waals surface area contributed by atoms with Crippen molar-refractivity contribution in [3.8, 4) is 0 Å². The van der Waals surface area contributed by atoms with Gasteiger partial charge in [-0.25, -0.2) is 0 Å². The minimum Gasteiger partial charge on any atom is -0.329 e. The minimum atomic E-state index is 0.251. The van der Waals surface area contributed by atoms with Gasteiger partial charge in [0, 0.05) is 37.3 Å². The molecule has 0 bridgehead atoms. The summed E-state index contributed by atoms with van der Waals surface area (Å²) in [7, 11) is 2.26. The zero-order chi connectivity index (χ0) is 14.2. The number of hydrogen-bond acceptors (Lipinski definition) is 3. The van der Waals surface area contributed by atoms with Gasteiger partial charge < -0.3 is 5.73 Å². The average Bonchev–Trinajstić information content (AvgIpc) is 2.39. The molecular formula is C16H33N3. The van der Waals surface area contributed by atoms with Crippen LogP contribution in [0.1, 0.15) is 47.0 Å². The molecule has 112 valence electrons. The van der Waals surface area contributed by atoms with E-state index in [0.29, 0.717) is 18.0 Å². The van der Waals surface area contributed by atoms with E-state index < -0.39 is 0 Å². The Bertz CT molecular complexity index is 294. The Morgan fingerprint density at radius 2 is 1.68 bits per heavy atom. The Hall–Kier alpha value is -0.120. The molecule has 19 heavy (non-hydrogen) atoms. The molecule has 0 aromatic carbocycles. The second kappa shape index (κ2) is 5.71. The van der Waals surface area contributed by atoms with Crippen LogP contribution < -0.4 is 5.73 Å². The summed E-state index contributed by atoms with van der Waals surface area (Å²) in [6, 6.07) is 1.27. The molecule has 3 nitrogen and oxygen atoms in total. The molecule has 0 aromatic rings. The second-order valence-electron chi connectivity index (χ2n) is 7.23. The molecule has 2 rings (SSSR count). The Balaban J connectivity index is 2.21. The molecule has 1 saturated carbocycles. The maximum absolute atomic E-state index is 6.29. The first-order chi connectivity index (χ1) is 8.92. The van der Waals surface area contributed by atoms with Crippen LogP contribution in [0.3, 0.4) is 0 Å². The van der Waals surface area contributed by atoms with Crippen molar-refractivity contribution in [1.29, 1.82) is 0 Å². The highest BCUT2D eigenvalue weighted by Gasteiger charge is 2.47. The lowest BCUT2D eigenvalue weighted by Crippen LogP contribution is -2.68. The van der Waals surface area contributed by atoms with E-state index in [0.717, 1.165) is 12.5 Å². The smallest absolute Gasteiger partial charge is 0.0361 e. The van der Waals surface area contributed by atoms with Crippen molar-refractivity contribution < 1.29 is 0 Å². The summed E-state index contributed by atoms with van der Waals surface area (Å²) in [5.41, 5.74) is 6.54. The highest BCUT2D eigenvalue weighted by molar-refractivity contribution is 5.03. The summed E-state index contributed by atoms with van der Waals surface area (Å²) in [6.07, 6.45) is 4.01. The lowest BCUT2D eigenvalue weighted by molar-refractivity contribution is -0.0634. The van der Waals surface area contributed by atoms with E-state index in [1.54, 1.807) is 0 Å².